The van der Waals surface area contributed by atoms with Crippen LogP contribution in [0.3, 0.4) is 0 Å². The highest BCUT2D eigenvalue weighted by Gasteiger charge is 2.43. The summed E-state index contributed by atoms with van der Waals surface area (Å²) >= 11 is 0. The van der Waals surface area contributed by atoms with Crippen molar-refractivity contribution in [1.82, 2.24) is 10.2 Å². The lowest BCUT2D eigenvalue weighted by atomic mass is 9.89. The van der Waals surface area contributed by atoms with Crippen LogP contribution in [0.2, 0.25) is 0 Å². The van der Waals surface area contributed by atoms with Gasteiger partial charge in [-0.05, 0) is 50.7 Å². The van der Waals surface area contributed by atoms with Crippen LogP contribution in [-0.4, -0.2) is 29.1 Å². The normalized spacial score (nSPS) is 21.8. The number of rotatable bonds is 4. The third-order valence-corrected chi connectivity index (χ3v) is 6.21. The number of hydrogen-bond donors (Lipinski definition) is 1. The van der Waals surface area contributed by atoms with Gasteiger partial charge >= 0.3 is 6.09 Å². The Labute approximate surface area is 191 Å². The molecular formula is C27H35N3O2. The third-order valence-electron chi connectivity index (χ3n) is 6.21. The summed E-state index contributed by atoms with van der Waals surface area (Å²) in [6.07, 6.45) is 6.00. The molecule has 1 amide bonds. The lowest BCUT2D eigenvalue weighted by Gasteiger charge is -2.32. The van der Waals surface area contributed by atoms with E-state index in [4.69, 9.17) is 9.73 Å². The Bertz CT molecular complexity index is 915. The average Bonchev–Trinajstić information content (AvgIpc) is 3.18. The van der Waals surface area contributed by atoms with Crippen molar-refractivity contribution in [3.05, 3.63) is 71.8 Å². The second-order valence-electron chi connectivity index (χ2n) is 9.90. The van der Waals surface area contributed by atoms with Gasteiger partial charge in [-0.1, -0.05) is 79.9 Å². The van der Waals surface area contributed by atoms with Crippen LogP contribution in [0, 0.1) is 5.92 Å². The first-order valence-electron chi connectivity index (χ1n) is 11.9. The van der Waals surface area contributed by atoms with E-state index >= 15 is 0 Å². The maximum Gasteiger partial charge on any atom is 0.417 e. The third kappa shape index (κ3) is 5.32. The summed E-state index contributed by atoms with van der Waals surface area (Å²) in [7, 11) is 0. The molecule has 1 saturated carbocycles. The molecule has 2 aromatic rings. The molecule has 0 spiro atoms. The lowest BCUT2D eigenvalue weighted by molar-refractivity contribution is 0.0309. The maximum atomic E-state index is 13.5. The van der Waals surface area contributed by atoms with Gasteiger partial charge in [0.1, 0.15) is 11.6 Å². The summed E-state index contributed by atoms with van der Waals surface area (Å²) < 4.78 is 5.85. The number of nitrogens with zero attached hydrogens (tertiary/aromatic N) is 2. The van der Waals surface area contributed by atoms with Crippen molar-refractivity contribution in [2.75, 3.05) is 6.54 Å². The van der Waals surface area contributed by atoms with Crippen LogP contribution in [0.15, 0.2) is 65.7 Å². The number of carbonyl (C=O) groups excluding carboxylic acids is 1. The van der Waals surface area contributed by atoms with E-state index in [2.05, 4.69) is 29.6 Å². The number of hydrogen-bond acceptors (Lipinski definition) is 4. The van der Waals surface area contributed by atoms with Gasteiger partial charge < -0.3 is 10.1 Å². The highest BCUT2D eigenvalue weighted by atomic mass is 16.6. The van der Waals surface area contributed by atoms with Crippen LogP contribution in [0.25, 0.3) is 0 Å². The van der Waals surface area contributed by atoms with Gasteiger partial charge in [0.2, 0.25) is 5.96 Å². The zero-order chi connectivity index (χ0) is 22.6. The largest absolute Gasteiger partial charge is 0.443 e. The van der Waals surface area contributed by atoms with E-state index in [1.165, 1.54) is 32.1 Å². The molecule has 0 unspecified atom stereocenters. The number of benzene rings is 2. The van der Waals surface area contributed by atoms with Gasteiger partial charge in [0, 0.05) is 6.54 Å². The van der Waals surface area contributed by atoms with E-state index in [1.807, 2.05) is 57.2 Å². The van der Waals surface area contributed by atoms with Gasteiger partial charge in [-0.15, -0.1) is 0 Å². The summed E-state index contributed by atoms with van der Waals surface area (Å²) in [4.78, 5) is 20.3. The molecule has 1 aliphatic heterocycles. The van der Waals surface area contributed by atoms with Crippen molar-refractivity contribution in [2.45, 2.75) is 70.6 Å². The van der Waals surface area contributed by atoms with Crippen LogP contribution in [0.5, 0.6) is 0 Å². The SMILES string of the molecule is CC(C)(C)OC(=O)N1C(NCC2CCCCC2)=N[C@H](c2ccccc2)[C@@H]1c1ccccc1. The molecule has 1 N–H and O–H groups in total. The zero-order valence-electron chi connectivity index (χ0n) is 19.5. The predicted octanol–water partition coefficient (Wildman–Crippen LogP) is 6.25. The molecule has 170 valence electrons. The fourth-order valence-electron chi connectivity index (χ4n) is 4.69. The average molecular weight is 434 g/mol. The summed E-state index contributed by atoms with van der Waals surface area (Å²) in [5, 5.41) is 3.54. The van der Waals surface area contributed by atoms with E-state index in [0.29, 0.717) is 11.9 Å². The van der Waals surface area contributed by atoms with Crippen LogP contribution in [0.1, 0.15) is 76.1 Å². The Balaban J connectivity index is 1.69. The Hall–Kier alpha value is -2.82. The predicted molar refractivity (Wildman–Crippen MR) is 128 cm³/mol. The van der Waals surface area contributed by atoms with Gasteiger partial charge in [-0.3, -0.25) is 0 Å². The first kappa shape index (κ1) is 22.4. The summed E-state index contributed by atoms with van der Waals surface area (Å²) in [6, 6.07) is 19.9. The van der Waals surface area contributed by atoms with Crippen LogP contribution < -0.4 is 5.32 Å². The first-order valence-corrected chi connectivity index (χ1v) is 11.9. The number of carbonyl (C=O) groups is 1. The molecule has 4 rings (SSSR count). The second kappa shape index (κ2) is 9.76. The van der Waals surface area contributed by atoms with Crippen molar-refractivity contribution in [3.8, 4) is 0 Å². The molecule has 0 aromatic heterocycles. The number of amides is 1. The van der Waals surface area contributed by atoms with Crippen LogP contribution >= 0.6 is 0 Å². The minimum atomic E-state index is -0.586. The molecule has 2 aliphatic rings. The standard InChI is InChI=1S/C27H35N3O2/c1-27(2,3)32-26(31)30-24(22-17-11-6-12-18-22)23(21-15-9-5-10-16-21)29-25(30)28-19-20-13-7-4-8-14-20/h5-6,9-12,15-18,20,23-24H,4,7-8,13-14,19H2,1-3H3,(H,28,29)/t23-,24+/m1/s1. The Morgan fingerprint density at radius 3 is 2.16 bits per heavy atom. The van der Waals surface area contributed by atoms with E-state index in [0.717, 1.165) is 17.7 Å². The molecule has 5 heteroatoms. The lowest BCUT2D eigenvalue weighted by Crippen LogP contribution is -2.47. The quantitative estimate of drug-likeness (QED) is 0.620. The number of guanidine groups is 1. The summed E-state index contributed by atoms with van der Waals surface area (Å²) in [6.45, 7) is 6.54. The molecule has 2 aromatic carbocycles. The second-order valence-corrected chi connectivity index (χ2v) is 9.90. The smallest absolute Gasteiger partial charge is 0.417 e. The zero-order valence-corrected chi connectivity index (χ0v) is 19.5. The highest BCUT2D eigenvalue weighted by Crippen LogP contribution is 2.42. The van der Waals surface area contributed by atoms with Crippen molar-refractivity contribution >= 4 is 12.1 Å². The monoisotopic (exact) mass is 433 g/mol. The van der Waals surface area contributed by atoms with Gasteiger partial charge in [0.25, 0.3) is 0 Å². The minimum absolute atomic E-state index is 0.194. The van der Waals surface area contributed by atoms with E-state index < -0.39 is 5.60 Å². The molecule has 32 heavy (non-hydrogen) atoms. The first-order chi connectivity index (χ1) is 15.4. The van der Waals surface area contributed by atoms with Crippen molar-refractivity contribution in [2.24, 2.45) is 10.9 Å². The van der Waals surface area contributed by atoms with Crippen LogP contribution in [0.4, 0.5) is 4.79 Å². The Morgan fingerprint density at radius 2 is 1.56 bits per heavy atom. The van der Waals surface area contributed by atoms with Gasteiger partial charge in [0.15, 0.2) is 0 Å². The molecular weight excluding hydrogens is 398 g/mol. The number of aliphatic imine (C=N–C) groups is 1. The van der Waals surface area contributed by atoms with E-state index in [-0.39, 0.29) is 18.2 Å². The summed E-state index contributed by atoms with van der Waals surface area (Å²) in [5.74, 6) is 1.24. The van der Waals surface area contributed by atoms with E-state index in [9.17, 15) is 4.79 Å². The molecule has 1 fully saturated rings. The molecule has 0 radical (unpaired) electrons. The van der Waals surface area contributed by atoms with Gasteiger partial charge in [-0.25, -0.2) is 14.7 Å². The minimum Gasteiger partial charge on any atom is -0.443 e. The van der Waals surface area contributed by atoms with Crippen LogP contribution in [-0.2, 0) is 4.74 Å². The highest BCUT2D eigenvalue weighted by molar-refractivity contribution is 5.96. The van der Waals surface area contributed by atoms with Crippen molar-refractivity contribution in [3.63, 3.8) is 0 Å². The molecule has 0 saturated heterocycles. The van der Waals surface area contributed by atoms with Gasteiger partial charge in [-0.2, -0.15) is 0 Å². The molecule has 0 bridgehead atoms. The molecule has 1 aliphatic carbocycles. The van der Waals surface area contributed by atoms with Crippen molar-refractivity contribution in [1.29, 1.82) is 0 Å². The molecule has 5 nitrogen and oxygen atoms in total. The maximum absolute atomic E-state index is 13.5. The van der Waals surface area contributed by atoms with E-state index in [1.54, 1.807) is 4.90 Å². The topological polar surface area (TPSA) is 53.9 Å². The number of nitrogens with one attached hydrogen (secondary N) is 1. The Morgan fingerprint density at radius 1 is 0.969 bits per heavy atom. The fraction of sp³-hybridized carbons (Fsp3) is 0.481. The number of ether oxygens (including phenoxy) is 1. The molecule has 2 atom stereocenters. The van der Waals surface area contributed by atoms with Gasteiger partial charge in [0.05, 0.1) is 6.04 Å². The Kier molecular flexibility index (Phi) is 6.83. The van der Waals surface area contributed by atoms with Crippen molar-refractivity contribution < 1.29 is 9.53 Å². The summed E-state index contributed by atoms with van der Waals surface area (Å²) in [5.41, 5.74) is 1.55. The molecule has 1 heterocycles. The fourth-order valence-corrected chi connectivity index (χ4v) is 4.69.